The molecule has 0 bridgehead atoms. The fraction of sp³-hybridized carbons (Fsp3) is 0.700. The van der Waals surface area contributed by atoms with Crippen molar-refractivity contribution in [1.29, 1.82) is 0 Å². The number of amides is 2. The summed E-state index contributed by atoms with van der Waals surface area (Å²) < 4.78 is 11.8. The van der Waals surface area contributed by atoms with Crippen molar-refractivity contribution >= 4 is 11.8 Å². The summed E-state index contributed by atoms with van der Waals surface area (Å²) in [6.07, 6.45) is 2.86. The van der Waals surface area contributed by atoms with E-state index in [0.717, 1.165) is 0 Å². The number of hydrogen-bond acceptors (Lipinski definition) is 6. The standard InChI is InChI=1S/C20H33N3O5/c1-7-9-21-16(24)15(17(25)22-10-8-2)28-23-18(3,4)13-20(14-19(23,5)6)26-11-12-27-20/h7-8,15H,1-2,9-14H2,3-6H3,(H,21,24)(H,22,25). The maximum Gasteiger partial charge on any atom is 0.261 e. The van der Waals surface area contributed by atoms with Crippen molar-refractivity contribution in [3.63, 3.8) is 0 Å². The molecule has 2 amide bonds. The van der Waals surface area contributed by atoms with Crippen molar-refractivity contribution < 1.29 is 23.9 Å². The van der Waals surface area contributed by atoms with Crippen molar-refractivity contribution in [3.8, 4) is 0 Å². The van der Waals surface area contributed by atoms with Crippen LogP contribution in [0.4, 0.5) is 0 Å². The Labute approximate surface area is 167 Å². The van der Waals surface area contributed by atoms with Crippen molar-refractivity contribution in [2.45, 2.75) is 63.5 Å². The van der Waals surface area contributed by atoms with Gasteiger partial charge in [0.05, 0.1) is 13.2 Å². The Balaban J connectivity index is 2.24. The SMILES string of the molecule is C=CCNC(=O)C(ON1C(C)(C)CC2(CC1(C)C)OCCO2)C(=O)NCC=C. The number of hydrogen-bond donors (Lipinski definition) is 2. The van der Waals surface area contributed by atoms with Gasteiger partial charge in [-0.25, -0.2) is 0 Å². The molecule has 0 unspecified atom stereocenters. The molecule has 0 aromatic carbocycles. The van der Waals surface area contributed by atoms with Crippen LogP contribution in [0.3, 0.4) is 0 Å². The fourth-order valence-corrected chi connectivity index (χ4v) is 4.18. The van der Waals surface area contributed by atoms with Crippen LogP contribution in [0.25, 0.3) is 0 Å². The van der Waals surface area contributed by atoms with E-state index in [1.165, 1.54) is 0 Å². The van der Waals surface area contributed by atoms with E-state index in [0.29, 0.717) is 26.1 Å². The molecule has 0 aliphatic carbocycles. The molecule has 0 aromatic rings. The Morgan fingerprint density at radius 2 is 1.43 bits per heavy atom. The molecular formula is C20H33N3O5. The third-order valence-corrected chi connectivity index (χ3v) is 4.85. The molecule has 0 saturated carbocycles. The first-order valence-corrected chi connectivity index (χ1v) is 9.59. The predicted molar refractivity (Wildman–Crippen MR) is 105 cm³/mol. The minimum Gasteiger partial charge on any atom is -0.350 e. The van der Waals surface area contributed by atoms with E-state index in [9.17, 15) is 9.59 Å². The average molecular weight is 396 g/mol. The lowest BCUT2D eigenvalue weighted by atomic mass is 9.78. The van der Waals surface area contributed by atoms with Gasteiger partial charge in [0.1, 0.15) is 0 Å². The molecule has 2 fully saturated rings. The number of piperidine rings is 1. The Morgan fingerprint density at radius 1 is 1.00 bits per heavy atom. The normalized spacial score (nSPS) is 22.8. The lowest BCUT2D eigenvalue weighted by molar-refractivity contribution is -0.341. The summed E-state index contributed by atoms with van der Waals surface area (Å²) in [4.78, 5) is 31.3. The fourth-order valence-electron chi connectivity index (χ4n) is 4.18. The van der Waals surface area contributed by atoms with Crippen LogP contribution >= 0.6 is 0 Å². The van der Waals surface area contributed by atoms with Gasteiger partial charge in [-0.05, 0) is 27.7 Å². The summed E-state index contributed by atoms with van der Waals surface area (Å²) in [6.45, 7) is 16.7. The van der Waals surface area contributed by atoms with Gasteiger partial charge in [0.2, 0.25) is 6.10 Å². The lowest BCUT2D eigenvalue weighted by Gasteiger charge is -2.56. The summed E-state index contributed by atoms with van der Waals surface area (Å²) in [5, 5.41) is 7.01. The zero-order chi connectivity index (χ0) is 21.0. The molecule has 0 radical (unpaired) electrons. The van der Waals surface area contributed by atoms with Crippen LogP contribution in [-0.2, 0) is 23.9 Å². The van der Waals surface area contributed by atoms with Crippen LogP contribution in [0.15, 0.2) is 25.3 Å². The highest BCUT2D eigenvalue weighted by Crippen LogP contribution is 2.47. The molecule has 2 heterocycles. The van der Waals surface area contributed by atoms with Crippen LogP contribution in [-0.4, -0.2) is 66.1 Å². The quantitative estimate of drug-likeness (QED) is 0.476. The van der Waals surface area contributed by atoms with Gasteiger partial charge < -0.3 is 20.1 Å². The van der Waals surface area contributed by atoms with E-state index in [4.69, 9.17) is 14.3 Å². The number of nitrogens with zero attached hydrogens (tertiary/aromatic N) is 1. The summed E-state index contributed by atoms with van der Waals surface area (Å²) in [5.41, 5.74) is -1.08. The van der Waals surface area contributed by atoms with Gasteiger partial charge in [0, 0.05) is 37.0 Å². The minimum atomic E-state index is -1.34. The van der Waals surface area contributed by atoms with Crippen molar-refractivity contribution in [2.24, 2.45) is 0 Å². The highest BCUT2D eigenvalue weighted by atomic mass is 16.7. The maximum atomic E-state index is 12.6. The van der Waals surface area contributed by atoms with Gasteiger partial charge in [-0.15, -0.1) is 13.2 Å². The second kappa shape index (κ2) is 8.73. The highest BCUT2D eigenvalue weighted by molar-refractivity contribution is 6.03. The average Bonchev–Trinajstić information content (AvgIpc) is 3.02. The Kier molecular flexibility index (Phi) is 7.03. The minimum absolute atomic E-state index is 0.241. The number of hydroxylamine groups is 2. The predicted octanol–water partition coefficient (Wildman–Crippen LogP) is 1.29. The van der Waals surface area contributed by atoms with Crippen LogP contribution in [0, 0.1) is 0 Å². The molecule has 0 aromatic heterocycles. The van der Waals surface area contributed by atoms with Gasteiger partial charge in [-0.3, -0.25) is 14.4 Å². The zero-order valence-corrected chi connectivity index (χ0v) is 17.4. The van der Waals surface area contributed by atoms with Gasteiger partial charge >= 0.3 is 0 Å². The van der Waals surface area contributed by atoms with Crippen LogP contribution in [0.2, 0.25) is 0 Å². The summed E-state index contributed by atoms with van der Waals surface area (Å²) in [7, 11) is 0. The maximum absolute atomic E-state index is 12.6. The monoisotopic (exact) mass is 395 g/mol. The van der Waals surface area contributed by atoms with Crippen LogP contribution in [0.1, 0.15) is 40.5 Å². The Hall–Kier alpha value is -1.74. The van der Waals surface area contributed by atoms with Gasteiger partial charge in [0.15, 0.2) is 5.79 Å². The molecule has 0 atom stereocenters. The molecule has 1 spiro atoms. The highest BCUT2D eigenvalue weighted by Gasteiger charge is 2.57. The molecule has 8 nitrogen and oxygen atoms in total. The zero-order valence-electron chi connectivity index (χ0n) is 17.4. The number of nitrogens with one attached hydrogen (secondary N) is 2. The summed E-state index contributed by atoms with van der Waals surface area (Å²) in [6, 6.07) is 0. The molecule has 2 saturated heterocycles. The van der Waals surface area contributed by atoms with Gasteiger partial charge in [-0.1, -0.05) is 12.2 Å². The van der Waals surface area contributed by atoms with Gasteiger partial charge in [0.25, 0.3) is 11.8 Å². The Bertz CT molecular complexity index is 567. The molecule has 2 N–H and O–H groups in total. The second-order valence-electron chi connectivity index (χ2n) is 8.43. The second-order valence-corrected chi connectivity index (χ2v) is 8.43. The van der Waals surface area contributed by atoms with E-state index in [1.54, 1.807) is 17.2 Å². The molecule has 2 aliphatic heterocycles. The smallest absolute Gasteiger partial charge is 0.261 e. The van der Waals surface area contributed by atoms with Crippen molar-refractivity contribution in [1.82, 2.24) is 15.7 Å². The lowest BCUT2D eigenvalue weighted by Crippen LogP contribution is -2.67. The number of rotatable bonds is 8. The summed E-state index contributed by atoms with van der Waals surface area (Å²) >= 11 is 0. The van der Waals surface area contributed by atoms with Gasteiger partial charge in [-0.2, -0.15) is 5.06 Å². The van der Waals surface area contributed by atoms with E-state index < -0.39 is 34.8 Å². The first kappa shape index (κ1) is 22.5. The number of carbonyl (C=O) groups is 2. The first-order valence-electron chi connectivity index (χ1n) is 9.59. The topological polar surface area (TPSA) is 89.1 Å². The van der Waals surface area contributed by atoms with Crippen LogP contribution in [0.5, 0.6) is 0 Å². The number of ether oxygens (including phenoxy) is 2. The van der Waals surface area contributed by atoms with E-state index >= 15 is 0 Å². The summed E-state index contributed by atoms with van der Waals surface area (Å²) in [5.74, 6) is -1.72. The molecular weight excluding hydrogens is 362 g/mol. The molecule has 2 rings (SSSR count). The van der Waals surface area contributed by atoms with E-state index in [2.05, 4.69) is 23.8 Å². The third-order valence-electron chi connectivity index (χ3n) is 4.85. The van der Waals surface area contributed by atoms with E-state index in [1.807, 2.05) is 27.7 Å². The van der Waals surface area contributed by atoms with Crippen molar-refractivity contribution in [3.05, 3.63) is 25.3 Å². The van der Waals surface area contributed by atoms with Crippen molar-refractivity contribution in [2.75, 3.05) is 26.3 Å². The van der Waals surface area contributed by atoms with E-state index in [-0.39, 0.29) is 13.1 Å². The molecule has 158 valence electrons. The molecule has 28 heavy (non-hydrogen) atoms. The molecule has 2 aliphatic rings. The first-order chi connectivity index (χ1) is 13.1. The third kappa shape index (κ3) is 5.00. The largest absolute Gasteiger partial charge is 0.350 e. The molecule has 8 heteroatoms. The van der Waals surface area contributed by atoms with Crippen LogP contribution < -0.4 is 10.6 Å². The Morgan fingerprint density at radius 3 is 1.82 bits per heavy atom. The number of carbonyl (C=O) groups excluding carboxylic acids is 2.